The molecule has 6 heteroatoms. The number of hydrogen-bond acceptors (Lipinski definition) is 6. The van der Waals surface area contributed by atoms with Crippen molar-refractivity contribution in [2.45, 2.75) is 19.9 Å². The van der Waals surface area contributed by atoms with Gasteiger partial charge in [0.2, 0.25) is 5.95 Å². The van der Waals surface area contributed by atoms with E-state index >= 15 is 0 Å². The molecule has 0 saturated carbocycles. The van der Waals surface area contributed by atoms with Crippen LogP contribution in [-0.2, 0) is 0 Å². The average Bonchev–Trinajstić information content (AvgIpc) is 2.46. The molecule has 0 aliphatic rings. The first-order valence-corrected chi connectivity index (χ1v) is 6.35. The van der Waals surface area contributed by atoms with Crippen molar-refractivity contribution in [2.75, 3.05) is 17.9 Å². The summed E-state index contributed by atoms with van der Waals surface area (Å²) in [5, 5.41) is 3.32. The topological polar surface area (TPSA) is 85.1 Å². The van der Waals surface area contributed by atoms with Gasteiger partial charge in [-0.05, 0) is 31.5 Å². The second-order valence-corrected chi connectivity index (χ2v) is 4.50. The summed E-state index contributed by atoms with van der Waals surface area (Å²) < 4.78 is 5.15. The van der Waals surface area contributed by atoms with Gasteiger partial charge in [0.1, 0.15) is 11.6 Å². The number of aryl methyl sites for hydroxylation is 1. The van der Waals surface area contributed by atoms with Crippen molar-refractivity contribution < 1.29 is 4.74 Å². The van der Waals surface area contributed by atoms with Crippen molar-refractivity contribution in [1.29, 1.82) is 0 Å². The average molecular weight is 273 g/mol. The van der Waals surface area contributed by atoms with E-state index < -0.39 is 0 Å². The third-order valence-corrected chi connectivity index (χ3v) is 2.96. The molecule has 0 bridgehead atoms. The minimum Gasteiger partial charge on any atom is -0.497 e. The van der Waals surface area contributed by atoms with Gasteiger partial charge in [0.25, 0.3) is 0 Å². The fourth-order valence-corrected chi connectivity index (χ4v) is 1.90. The van der Waals surface area contributed by atoms with E-state index in [1.807, 2.05) is 37.3 Å². The molecule has 4 N–H and O–H groups in total. The zero-order valence-corrected chi connectivity index (χ0v) is 11.8. The van der Waals surface area contributed by atoms with Crippen molar-refractivity contribution >= 4 is 11.8 Å². The van der Waals surface area contributed by atoms with E-state index in [1.165, 1.54) is 0 Å². The van der Waals surface area contributed by atoms with Crippen LogP contribution >= 0.6 is 0 Å². The molecule has 0 fully saturated rings. The highest BCUT2D eigenvalue weighted by atomic mass is 16.5. The maximum atomic E-state index is 5.34. The summed E-state index contributed by atoms with van der Waals surface area (Å²) in [6.07, 6.45) is 0. The molecule has 6 nitrogen and oxygen atoms in total. The fourth-order valence-electron chi connectivity index (χ4n) is 1.90. The molecule has 1 aromatic carbocycles. The van der Waals surface area contributed by atoms with Crippen LogP contribution in [0.2, 0.25) is 0 Å². The van der Waals surface area contributed by atoms with Crippen molar-refractivity contribution in [3.8, 4) is 5.75 Å². The molecular weight excluding hydrogens is 254 g/mol. The zero-order chi connectivity index (χ0) is 14.5. The van der Waals surface area contributed by atoms with Crippen LogP contribution in [0.4, 0.5) is 11.8 Å². The summed E-state index contributed by atoms with van der Waals surface area (Å²) in [5.41, 5.74) is 4.45. The van der Waals surface area contributed by atoms with Gasteiger partial charge in [-0.25, -0.2) is 10.8 Å². The molecule has 1 unspecified atom stereocenters. The predicted octanol–water partition coefficient (Wildman–Crippen LogP) is 2.25. The summed E-state index contributed by atoms with van der Waals surface area (Å²) in [7, 11) is 1.65. The number of ether oxygens (including phenoxy) is 1. The predicted molar refractivity (Wildman–Crippen MR) is 79.6 cm³/mol. The number of methoxy groups -OCH3 is 1. The van der Waals surface area contributed by atoms with Crippen molar-refractivity contribution in [3.05, 3.63) is 41.6 Å². The van der Waals surface area contributed by atoms with Gasteiger partial charge in [0, 0.05) is 17.8 Å². The van der Waals surface area contributed by atoms with Crippen molar-refractivity contribution in [3.63, 3.8) is 0 Å². The molecule has 0 amide bonds. The molecule has 106 valence electrons. The van der Waals surface area contributed by atoms with E-state index in [4.69, 9.17) is 10.6 Å². The standard InChI is InChI=1S/C14H19N5O/c1-9-8-13(18-14(16-9)19-15)17-10(2)11-4-6-12(20-3)7-5-11/h4-8,10H,15H2,1-3H3,(H2,16,17,18,19). The summed E-state index contributed by atoms with van der Waals surface area (Å²) in [6, 6.07) is 9.90. The lowest BCUT2D eigenvalue weighted by atomic mass is 10.1. The maximum Gasteiger partial charge on any atom is 0.239 e. The van der Waals surface area contributed by atoms with Crippen LogP contribution < -0.4 is 21.3 Å². The molecule has 20 heavy (non-hydrogen) atoms. The molecule has 1 heterocycles. The summed E-state index contributed by atoms with van der Waals surface area (Å²) in [6.45, 7) is 3.96. The second kappa shape index (κ2) is 6.21. The van der Waals surface area contributed by atoms with Gasteiger partial charge in [0.05, 0.1) is 7.11 Å². The lowest BCUT2D eigenvalue weighted by Gasteiger charge is -2.16. The Labute approximate surface area is 118 Å². The number of nitrogens with two attached hydrogens (primary N) is 1. The molecular formula is C14H19N5O. The lowest BCUT2D eigenvalue weighted by molar-refractivity contribution is 0.414. The first-order chi connectivity index (χ1) is 9.62. The monoisotopic (exact) mass is 273 g/mol. The van der Waals surface area contributed by atoms with Crippen molar-refractivity contribution in [1.82, 2.24) is 9.97 Å². The first-order valence-electron chi connectivity index (χ1n) is 6.35. The highest BCUT2D eigenvalue weighted by molar-refractivity contribution is 5.44. The van der Waals surface area contributed by atoms with E-state index in [2.05, 4.69) is 27.6 Å². The van der Waals surface area contributed by atoms with Crippen LogP contribution in [0.1, 0.15) is 24.2 Å². The first kappa shape index (κ1) is 14.1. The number of aromatic nitrogens is 2. The lowest BCUT2D eigenvalue weighted by Crippen LogP contribution is -2.14. The van der Waals surface area contributed by atoms with E-state index in [-0.39, 0.29) is 6.04 Å². The number of anilines is 2. The Hall–Kier alpha value is -2.34. The Morgan fingerprint density at radius 1 is 1.20 bits per heavy atom. The minimum atomic E-state index is 0.112. The van der Waals surface area contributed by atoms with Gasteiger partial charge < -0.3 is 10.1 Å². The third kappa shape index (κ3) is 3.36. The number of nitrogens with zero attached hydrogens (tertiary/aromatic N) is 2. The van der Waals surface area contributed by atoms with E-state index in [1.54, 1.807) is 7.11 Å². The maximum absolute atomic E-state index is 5.34. The normalized spacial score (nSPS) is 11.8. The molecule has 2 rings (SSSR count). The van der Waals surface area contributed by atoms with Gasteiger partial charge in [-0.15, -0.1) is 0 Å². The molecule has 0 spiro atoms. The summed E-state index contributed by atoms with van der Waals surface area (Å²) in [4.78, 5) is 8.42. The van der Waals surface area contributed by atoms with E-state index in [0.29, 0.717) is 5.95 Å². The van der Waals surface area contributed by atoms with Gasteiger partial charge in [-0.2, -0.15) is 4.98 Å². The number of nitrogens with one attached hydrogen (secondary N) is 2. The zero-order valence-electron chi connectivity index (χ0n) is 11.8. The van der Waals surface area contributed by atoms with Crippen LogP contribution in [-0.4, -0.2) is 17.1 Å². The quantitative estimate of drug-likeness (QED) is 0.572. The number of nitrogen functional groups attached to an aromatic ring is 1. The summed E-state index contributed by atoms with van der Waals surface area (Å²) in [5.74, 6) is 7.31. The fraction of sp³-hybridized carbons (Fsp3) is 0.286. The Morgan fingerprint density at radius 3 is 2.50 bits per heavy atom. The molecule has 1 atom stereocenters. The smallest absolute Gasteiger partial charge is 0.239 e. The molecule has 0 radical (unpaired) electrons. The molecule has 0 saturated heterocycles. The van der Waals surface area contributed by atoms with Crippen molar-refractivity contribution in [2.24, 2.45) is 5.84 Å². The number of hydrazine groups is 1. The highest BCUT2D eigenvalue weighted by Crippen LogP contribution is 2.21. The Kier molecular flexibility index (Phi) is 4.37. The number of benzene rings is 1. The SMILES string of the molecule is COc1ccc(C(C)Nc2cc(C)nc(NN)n2)cc1. The Balaban J connectivity index is 2.13. The van der Waals surface area contributed by atoms with Crippen LogP contribution in [0.15, 0.2) is 30.3 Å². The highest BCUT2D eigenvalue weighted by Gasteiger charge is 2.08. The Bertz CT molecular complexity index is 570. The third-order valence-electron chi connectivity index (χ3n) is 2.96. The Morgan fingerprint density at radius 2 is 1.90 bits per heavy atom. The molecule has 0 aliphatic carbocycles. The van der Waals surface area contributed by atoms with E-state index in [0.717, 1.165) is 22.8 Å². The number of hydrogen-bond donors (Lipinski definition) is 3. The van der Waals surface area contributed by atoms with Gasteiger partial charge in [-0.1, -0.05) is 12.1 Å². The van der Waals surface area contributed by atoms with Crippen LogP contribution in [0.3, 0.4) is 0 Å². The van der Waals surface area contributed by atoms with Gasteiger partial charge in [0.15, 0.2) is 0 Å². The molecule has 0 aliphatic heterocycles. The van der Waals surface area contributed by atoms with Crippen LogP contribution in [0.5, 0.6) is 5.75 Å². The van der Waals surface area contributed by atoms with Gasteiger partial charge in [-0.3, -0.25) is 5.43 Å². The van der Waals surface area contributed by atoms with Crippen LogP contribution in [0.25, 0.3) is 0 Å². The van der Waals surface area contributed by atoms with Crippen LogP contribution in [0, 0.1) is 6.92 Å². The summed E-state index contributed by atoms with van der Waals surface area (Å²) >= 11 is 0. The van der Waals surface area contributed by atoms with E-state index in [9.17, 15) is 0 Å². The second-order valence-electron chi connectivity index (χ2n) is 4.50. The minimum absolute atomic E-state index is 0.112. The largest absolute Gasteiger partial charge is 0.497 e. The molecule has 1 aromatic heterocycles. The molecule has 2 aromatic rings. The number of rotatable bonds is 5. The van der Waals surface area contributed by atoms with Gasteiger partial charge >= 0.3 is 0 Å².